The highest BCUT2D eigenvalue weighted by Crippen LogP contribution is 2.43. The van der Waals surface area contributed by atoms with E-state index in [9.17, 15) is 22.8 Å². The Labute approximate surface area is 166 Å². The minimum absolute atomic E-state index is 0.0334. The van der Waals surface area contributed by atoms with E-state index in [2.05, 4.69) is 5.32 Å². The predicted molar refractivity (Wildman–Crippen MR) is 98.7 cm³/mol. The van der Waals surface area contributed by atoms with Crippen molar-refractivity contribution in [3.05, 3.63) is 57.9 Å². The number of rotatable bonds is 5. The Morgan fingerprint density at radius 3 is 2.48 bits per heavy atom. The number of hydrogen-bond donors (Lipinski definition) is 1. The number of allylic oxidation sites excluding steroid dienone is 3. The molecule has 0 fully saturated rings. The quantitative estimate of drug-likeness (QED) is 0.591. The van der Waals surface area contributed by atoms with Crippen LogP contribution < -0.4 is 5.32 Å². The minimum atomic E-state index is -4.47. The van der Waals surface area contributed by atoms with Crippen molar-refractivity contribution in [2.75, 3.05) is 20.3 Å². The number of methoxy groups -OCH3 is 1. The summed E-state index contributed by atoms with van der Waals surface area (Å²) in [6.45, 7) is 1.95. The first kappa shape index (κ1) is 21.1. The number of ketones is 1. The summed E-state index contributed by atoms with van der Waals surface area (Å²) in [6.07, 6.45) is -2.80. The molecule has 29 heavy (non-hydrogen) atoms. The second kappa shape index (κ2) is 8.41. The van der Waals surface area contributed by atoms with Crippen molar-refractivity contribution in [2.45, 2.75) is 38.3 Å². The third-order valence-electron chi connectivity index (χ3n) is 5.09. The average molecular weight is 409 g/mol. The summed E-state index contributed by atoms with van der Waals surface area (Å²) in [5.41, 5.74) is 1.57. The highest BCUT2D eigenvalue weighted by molar-refractivity contribution is 6.03. The lowest BCUT2D eigenvalue weighted by Crippen LogP contribution is -2.34. The van der Waals surface area contributed by atoms with E-state index >= 15 is 0 Å². The van der Waals surface area contributed by atoms with E-state index in [1.165, 1.54) is 19.2 Å². The standard InChI is InChI=1S/C21H22F3NO4/c1-12-17(20(27)29-11-10-28-2)18(19-15(25-12)4-3-5-16(19)26)13-6-8-14(9-7-13)21(22,23)24/h6-9,18,25H,3-5,10-11H2,1-2H3/t18-/m1/s1. The van der Waals surface area contributed by atoms with E-state index in [0.29, 0.717) is 36.1 Å². The van der Waals surface area contributed by atoms with Gasteiger partial charge in [0.15, 0.2) is 5.78 Å². The largest absolute Gasteiger partial charge is 0.460 e. The van der Waals surface area contributed by atoms with E-state index in [4.69, 9.17) is 9.47 Å². The van der Waals surface area contributed by atoms with Crippen molar-refractivity contribution in [1.82, 2.24) is 5.32 Å². The van der Waals surface area contributed by atoms with Gasteiger partial charge in [-0.25, -0.2) is 4.79 Å². The van der Waals surface area contributed by atoms with Crippen LogP contribution in [0.3, 0.4) is 0 Å². The SMILES string of the molecule is COCCOC(=O)C1=C(C)NC2=C(C(=O)CCC2)[C@@H]1c1ccc(C(F)(F)F)cc1. The second-order valence-electron chi connectivity index (χ2n) is 7.01. The summed E-state index contributed by atoms with van der Waals surface area (Å²) in [6, 6.07) is 4.57. The summed E-state index contributed by atoms with van der Waals surface area (Å²) in [7, 11) is 1.48. The third-order valence-corrected chi connectivity index (χ3v) is 5.09. The first-order chi connectivity index (χ1) is 13.7. The zero-order chi connectivity index (χ0) is 21.2. The van der Waals surface area contributed by atoms with Gasteiger partial charge in [0.25, 0.3) is 0 Å². The first-order valence-corrected chi connectivity index (χ1v) is 9.31. The number of halogens is 3. The molecule has 1 aromatic rings. The number of ether oxygens (including phenoxy) is 2. The van der Waals surface area contributed by atoms with Crippen molar-refractivity contribution in [2.24, 2.45) is 0 Å². The van der Waals surface area contributed by atoms with Gasteiger partial charge >= 0.3 is 12.1 Å². The van der Waals surface area contributed by atoms with Crippen molar-refractivity contribution >= 4 is 11.8 Å². The fourth-order valence-electron chi connectivity index (χ4n) is 3.75. The molecule has 2 aliphatic rings. The molecule has 8 heteroatoms. The lowest BCUT2D eigenvalue weighted by Gasteiger charge is -2.34. The monoisotopic (exact) mass is 409 g/mol. The number of carbonyl (C=O) groups excluding carboxylic acids is 2. The molecule has 0 spiro atoms. The van der Waals surface area contributed by atoms with Crippen LogP contribution in [0.25, 0.3) is 0 Å². The van der Waals surface area contributed by atoms with Crippen LogP contribution in [0.2, 0.25) is 0 Å². The highest BCUT2D eigenvalue weighted by Gasteiger charge is 2.39. The van der Waals surface area contributed by atoms with Gasteiger partial charge in [0.05, 0.1) is 17.7 Å². The Morgan fingerprint density at radius 1 is 1.17 bits per heavy atom. The van der Waals surface area contributed by atoms with Gasteiger partial charge in [0, 0.05) is 36.4 Å². The molecule has 0 unspecified atom stereocenters. The van der Waals surface area contributed by atoms with Gasteiger partial charge in [-0.3, -0.25) is 4.79 Å². The van der Waals surface area contributed by atoms with Gasteiger partial charge in [-0.2, -0.15) is 13.2 Å². The Morgan fingerprint density at radius 2 is 1.86 bits per heavy atom. The first-order valence-electron chi connectivity index (χ1n) is 9.31. The maximum absolute atomic E-state index is 13.0. The smallest absolute Gasteiger partial charge is 0.416 e. The zero-order valence-corrected chi connectivity index (χ0v) is 16.2. The second-order valence-corrected chi connectivity index (χ2v) is 7.01. The summed E-state index contributed by atoms with van der Waals surface area (Å²) in [5.74, 6) is -1.50. The van der Waals surface area contributed by atoms with Crippen LogP contribution in [-0.4, -0.2) is 32.1 Å². The summed E-state index contributed by atoms with van der Waals surface area (Å²) < 4.78 is 49.0. The number of alkyl halides is 3. The van der Waals surface area contributed by atoms with Crippen molar-refractivity contribution in [1.29, 1.82) is 0 Å². The summed E-state index contributed by atoms with van der Waals surface area (Å²) in [5, 5.41) is 3.13. The van der Waals surface area contributed by atoms with Crippen molar-refractivity contribution in [3.8, 4) is 0 Å². The van der Waals surface area contributed by atoms with E-state index in [1.54, 1.807) is 6.92 Å². The fourth-order valence-corrected chi connectivity index (χ4v) is 3.75. The number of esters is 1. The number of benzene rings is 1. The van der Waals surface area contributed by atoms with Crippen LogP contribution in [-0.2, 0) is 25.2 Å². The van der Waals surface area contributed by atoms with Crippen LogP contribution in [0.1, 0.15) is 43.2 Å². The Kier molecular flexibility index (Phi) is 6.12. The van der Waals surface area contributed by atoms with Gasteiger partial charge in [-0.05, 0) is 37.5 Å². The number of carbonyl (C=O) groups is 2. The molecule has 0 aromatic heterocycles. The molecular formula is C21H22F3NO4. The van der Waals surface area contributed by atoms with Gasteiger partial charge in [-0.1, -0.05) is 12.1 Å². The van der Waals surface area contributed by atoms with Crippen LogP contribution in [0.5, 0.6) is 0 Å². The molecule has 1 aliphatic carbocycles. The number of dihydropyridines is 1. The third kappa shape index (κ3) is 4.37. The zero-order valence-electron chi connectivity index (χ0n) is 16.2. The molecule has 156 valence electrons. The van der Waals surface area contributed by atoms with Gasteiger partial charge < -0.3 is 14.8 Å². The van der Waals surface area contributed by atoms with Crippen LogP contribution in [0.15, 0.2) is 46.8 Å². The molecular weight excluding hydrogens is 387 g/mol. The maximum atomic E-state index is 13.0. The Hall–Kier alpha value is -2.61. The summed E-state index contributed by atoms with van der Waals surface area (Å²) in [4.78, 5) is 25.5. The molecule has 1 aromatic carbocycles. The lowest BCUT2D eigenvalue weighted by molar-refractivity contribution is -0.141. The van der Waals surface area contributed by atoms with Crippen LogP contribution in [0.4, 0.5) is 13.2 Å². The molecule has 0 amide bonds. The number of Topliss-reactive ketones (excluding diaryl/α,β-unsaturated/α-hetero) is 1. The molecule has 1 N–H and O–H groups in total. The van der Waals surface area contributed by atoms with Crippen molar-refractivity contribution < 1.29 is 32.2 Å². The Bertz CT molecular complexity index is 869. The topological polar surface area (TPSA) is 64.6 Å². The van der Waals surface area contributed by atoms with Gasteiger partial charge in [0.2, 0.25) is 0 Å². The predicted octanol–water partition coefficient (Wildman–Crippen LogP) is 3.86. The molecule has 1 heterocycles. The lowest BCUT2D eigenvalue weighted by atomic mass is 9.75. The molecule has 3 rings (SSSR count). The van der Waals surface area contributed by atoms with Gasteiger partial charge in [0.1, 0.15) is 6.61 Å². The number of hydrogen-bond acceptors (Lipinski definition) is 5. The molecule has 0 bridgehead atoms. The fraction of sp³-hybridized carbons (Fsp3) is 0.429. The molecule has 0 saturated heterocycles. The van der Waals surface area contributed by atoms with Crippen LogP contribution >= 0.6 is 0 Å². The van der Waals surface area contributed by atoms with Gasteiger partial charge in [-0.15, -0.1) is 0 Å². The van der Waals surface area contributed by atoms with Crippen molar-refractivity contribution in [3.63, 3.8) is 0 Å². The maximum Gasteiger partial charge on any atom is 0.416 e. The molecule has 1 atom stereocenters. The average Bonchev–Trinajstić information content (AvgIpc) is 2.66. The molecule has 1 aliphatic heterocycles. The van der Waals surface area contributed by atoms with E-state index in [1.807, 2.05) is 0 Å². The molecule has 5 nitrogen and oxygen atoms in total. The van der Waals surface area contributed by atoms with E-state index in [0.717, 1.165) is 17.8 Å². The minimum Gasteiger partial charge on any atom is -0.460 e. The normalized spacial score (nSPS) is 19.8. The van der Waals surface area contributed by atoms with E-state index in [-0.39, 0.29) is 24.6 Å². The highest BCUT2D eigenvalue weighted by atomic mass is 19.4. The molecule has 0 saturated carbocycles. The Balaban J connectivity index is 2.04. The number of nitrogens with one attached hydrogen (secondary N) is 1. The van der Waals surface area contributed by atoms with Crippen LogP contribution in [0, 0.1) is 0 Å². The van der Waals surface area contributed by atoms with E-state index < -0.39 is 23.6 Å². The molecule has 0 radical (unpaired) electrons. The summed E-state index contributed by atoms with van der Waals surface area (Å²) >= 11 is 0.